The number of ketones is 1. The summed E-state index contributed by atoms with van der Waals surface area (Å²) in [4.78, 5) is 14.3. The fourth-order valence-electron chi connectivity index (χ4n) is 4.35. The van der Waals surface area contributed by atoms with Crippen molar-refractivity contribution in [3.8, 4) is 0 Å². The SMILES string of the molecule is CC(C1CCCC1)N1C2CCC1CC(=O)C2. The van der Waals surface area contributed by atoms with Crippen LogP contribution in [0.1, 0.15) is 58.3 Å². The largest absolute Gasteiger partial charge is 0.300 e. The van der Waals surface area contributed by atoms with Gasteiger partial charge in [-0.3, -0.25) is 9.69 Å². The first-order valence-corrected chi connectivity index (χ1v) is 7.05. The van der Waals surface area contributed by atoms with E-state index in [1.807, 2.05) is 0 Å². The molecule has 0 aromatic rings. The summed E-state index contributed by atoms with van der Waals surface area (Å²) in [5.74, 6) is 1.43. The maximum Gasteiger partial charge on any atom is 0.136 e. The van der Waals surface area contributed by atoms with Gasteiger partial charge in [-0.2, -0.15) is 0 Å². The van der Waals surface area contributed by atoms with Crippen LogP contribution in [0, 0.1) is 5.92 Å². The molecule has 2 saturated heterocycles. The normalized spacial score (nSPS) is 38.2. The van der Waals surface area contributed by atoms with Gasteiger partial charge in [-0.15, -0.1) is 0 Å². The van der Waals surface area contributed by atoms with Gasteiger partial charge in [0.15, 0.2) is 0 Å². The van der Waals surface area contributed by atoms with Crippen molar-refractivity contribution in [2.24, 2.45) is 5.92 Å². The van der Waals surface area contributed by atoms with E-state index in [1.165, 1.54) is 38.5 Å². The number of rotatable bonds is 2. The van der Waals surface area contributed by atoms with Gasteiger partial charge in [-0.05, 0) is 38.5 Å². The van der Waals surface area contributed by atoms with Gasteiger partial charge in [0, 0.05) is 31.0 Å². The van der Waals surface area contributed by atoms with Crippen LogP contribution in [0.5, 0.6) is 0 Å². The summed E-state index contributed by atoms with van der Waals surface area (Å²) in [7, 11) is 0. The third-order valence-electron chi connectivity index (χ3n) is 5.16. The fourth-order valence-corrected chi connectivity index (χ4v) is 4.35. The first kappa shape index (κ1) is 10.8. The second-order valence-electron chi connectivity index (χ2n) is 6.06. The summed E-state index contributed by atoms with van der Waals surface area (Å²) in [5.41, 5.74) is 0. The number of hydrogen-bond donors (Lipinski definition) is 0. The summed E-state index contributed by atoms with van der Waals surface area (Å²) >= 11 is 0. The van der Waals surface area contributed by atoms with Gasteiger partial charge in [0.05, 0.1) is 0 Å². The highest BCUT2D eigenvalue weighted by Gasteiger charge is 2.44. The van der Waals surface area contributed by atoms with E-state index in [1.54, 1.807) is 0 Å². The molecule has 16 heavy (non-hydrogen) atoms. The molecule has 0 radical (unpaired) electrons. The lowest BCUT2D eigenvalue weighted by atomic mass is 9.92. The van der Waals surface area contributed by atoms with Gasteiger partial charge in [-0.1, -0.05) is 12.8 Å². The van der Waals surface area contributed by atoms with E-state index in [-0.39, 0.29) is 0 Å². The van der Waals surface area contributed by atoms with Crippen LogP contribution in [0.2, 0.25) is 0 Å². The van der Waals surface area contributed by atoms with Crippen molar-refractivity contribution < 1.29 is 4.79 Å². The van der Waals surface area contributed by atoms with E-state index in [2.05, 4.69) is 11.8 Å². The molecular formula is C14H23NO. The third-order valence-corrected chi connectivity index (χ3v) is 5.16. The Labute approximate surface area is 98.4 Å². The Morgan fingerprint density at radius 3 is 2.19 bits per heavy atom. The van der Waals surface area contributed by atoms with E-state index in [0.717, 1.165) is 24.8 Å². The number of fused-ring (bicyclic) bond motifs is 2. The fraction of sp³-hybridized carbons (Fsp3) is 0.929. The van der Waals surface area contributed by atoms with E-state index < -0.39 is 0 Å². The zero-order valence-corrected chi connectivity index (χ0v) is 10.3. The third kappa shape index (κ3) is 1.71. The predicted octanol–water partition coefficient (Wildman–Crippen LogP) is 2.76. The molecule has 2 heteroatoms. The lowest BCUT2D eigenvalue weighted by molar-refractivity contribution is -0.124. The molecule has 3 fully saturated rings. The van der Waals surface area contributed by atoms with Crippen LogP contribution >= 0.6 is 0 Å². The van der Waals surface area contributed by atoms with Crippen LogP contribution in [0.15, 0.2) is 0 Å². The predicted molar refractivity (Wildman–Crippen MR) is 64.3 cm³/mol. The van der Waals surface area contributed by atoms with E-state index >= 15 is 0 Å². The summed E-state index contributed by atoms with van der Waals surface area (Å²) in [6.45, 7) is 2.41. The highest BCUT2D eigenvalue weighted by atomic mass is 16.1. The van der Waals surface area contributed by atoms with Crippen LogP contribution in [-0.2, 0) is 4.79 Å². The highest BCUT2D eigenvalue weighted by Crippen LogP contribution is 2.40. The van der Waals surface area contributed by atoms with Crippen molar-refractivity contribution in [3.05, 3.63) is 0 Å². The molecule has 3 rings (SSSR count). The number of carbonyl (C=O) groups is 1. The number of Topliss-reactive ketones (excluding diaryl/α,β-unsaturated/α-hetero) is 1. The minimum absolute atomic E-state index is 0.516. The maximum atomic E-state index is 11.6. The lowest BCUT2D eigenvalue weighted by Crippen LogP contribution is -2.50. The van der Waals surface area contributed by atoms with Crippen molar-refractivity contribution in [2.75, 3.05) is 0 Å². The van der Waals surface area contributed by atoms with E-state index in [0.29, 0.717) is 17.9 Å². The smallest absolute Gasteiger partial charge is 0.136 e. The van der Waals surface area contributed by atoms with Crippen LogP contribution in [0.4, 0.5) is 0 Å². The summed E-state index contributed by atoms with van der Waals surface area (Å²) in [5, 5.41) is 0. The Hall–Kier alpha value is -0.370. The zero-order chi connectivity index (χ0) is 11.1. The summed E-state index contributed by atoms with van der Waals surface area (Å²) < 4.78 is 0. The number of nitrogens with zero attached hydrogens (tertiary/aromatic N) is 1. The first-order valence-electron chi connectivity index (χ1n) is 7.05. The molecule has 90 valence electrons. The lowest BCUT2D eigenvalue weighted by Gasteiger charge is -2.41. The van der Waals surface area contributed by atoms with Gasteiger partial charge in [-0.25, -0.2) is 0 Å². The topological polar surface area (TPSA) is 20.3 Å². The first-order chi connectivity index (χ1) is 7.75. The molecule has 0 spiro atoms. The van der Waals surface area contributed by atoms with Crippen LogP contribution < -0.4 is 0 Å². The second kappa shape index (κ2) is 4.14. The van der Waals surface area contributed by atoms with Crippen molar-refractivity contribution in [3.63, 3.8) is 0 Å². The summed E-state index contributed by atoms with van der Waals surface area (Å²) in [6.07, 6.45) is 9.92. The molecular weight excluding hydrogens is 198 g/mol. The molecule has 0 N–H and O–H groups in total. The Bertz CT molecular complexity index is 266. The monoisotopic (exact) mass is 221 g/mol. The van der Waals surface area contributed by atoms with Gasteiger partial charge in [0.2, 0.25) is 0 Å². The average molecular weight is 221 g/mol. The molecule has 3 aliphatic rings. The van der Waals surface area contributed by atoms with Crippen molar-refractivity contribution >= 4 is 5.78 Å². The van der Waals surface area contributed by atoms with Gasteiger partial charge in [0.1, 0.15) is 5.78 Å². The molecule has 1 aliphatic carbocycles. The molecule has 2 nitrogen and oxygen atoms in total. The van der Waals surface area contributed by atoms with Crippen LogP contribution in [0.25, 0.3) is 0 Å². The zero-order valence-electron chi connectivity index (χ0n) is 10.3. The standard InChI is InChI=1S/C14H23NO/c1-10(11-4-2-3-5-11)15-12-6-7-13(15)9-14(16)8-12/h10-13H,2-9H2,1H3. The molecule has 3 unspecified atom stereocenters. The minimum atomic E-state index is 0.516. The average Bonchev–Trinajstić information content (AvgIpc) is 2.85. The van der Waals surface area contributed by atoms with Crippen molar-refractivity contribution in [1.29, 1.82) is 0 Å². The molecule has 0 aromatic carbocycles. The minimum Gasteiger partial charge on any atom is -0.300 e. The Kier molecular flexibility index (Phi) is 2.78. The Morgan fingerprint density at radius 1 is 1.06 bits per heavy atom. The molecule has 3 atom stereocenters. The highest BCUT2D eigenvalue weighted by molar-refractivity contribution is 5.81. The number of carbonyl (C=O) groups excluding carboxylic acids is 1. The van der Waals surface area contributed by atoms with Crippen LogP contribution in [-0.4, -0.2) is 28.8 Å². The number of piperidine rings is 1. The van der Waals surface area contributed by atoms with Gasteiger partial charge in [0.25, 0.3) is 0 Å². The Balaban J connectivity index is 1.72. The summed E-state index contributed by atoms with van der Waals surface area (Å²) in [6, 6.07) is 1.93. The maximum absolute atomic E-state index is 11.6. The Morgan fingerprint density at radius 2 is 1.62 bits per heavy atom. The van der Waals surface area contributed by atoms with Gasteiger partial charge < -0.3 is 0 Å². The molecule has 0 amide bonds. The van der Waals surface area contributed by atoms with Gasteiger partial charge >= 0.3 is 0 Å². The van der Waals surface area contributed by atoms with Crippen molar-refractivity contribution in [1.82, 2.24) is 4.90 Å². The quantitative estimate of drug-likeness (QED) is 0.714. The molecule has 2 heterocycles. The number of hydrogen-bond acceptors (Lipinski definition) is 2. The van der Waals surface area contributed by atoms with E-state index in [9.17, 15) is 4.79 Å². The van der Waals surface area contributed by atoms with Crippen LogP contribution in [0.3, 0.4) is 0 Å². The van der Waals surface area contributed by atoms with E-state index in [4.69, 9.17) is 0 Å². The molecule has 0 aromatic heterocycles. The second-order valence-corrected chi connectivity index (χ2v) is 6.06. The van der Waals surface area contributed by atoms with Crippen molar-refractivity contribution in [2.45, 2.75) is 76.4 Å². The molecule has 2 bridgehead atoms. The molecule has 2 aliphatic heterocycles. The molecule has 1 saturated carbocycles.